The van der Waals surface area contributed by atoms with Crippen LogP contribution in [0, 0.1) is 0 Å². The van der Waals surface area contributed by atoms with Crippen molar-refractivity contribution < 1.29 is 9.90 Å². The molecule has 0 aromatic heterocycles. The van der Waals surface area contributed by atoms with Crippen LogP contribution in [0.5, 0.6) is 0 Å². The fourth-order valence-electron chi connectivity index (χ4n) is 0.987. The first-order chi connectivity index (χ1) is 6.68. The van der Waals surface area contributed by atoms with Crippen LogP contribution in [0.15, 0.2) is 35.3 Å². The summed E-state index contributed by atoms with van der Waals surface area (Å²) in [5, 5.41) is 8.42. The fourth-order valence-corrected chi connectivity index (χ4v) is 0.987. The van der Waals surface area contributed by atoms with E-state index in [0.717, 1.165) is 5.56 Å². The number of carboxylic acids is 1. The van der Waals surface area contributed by atoms with Gasteiger partial charge in [0, 0.05) is 0 Å². The number of hydrogen-bond donors (Lipinski definition) is 2. The molecule has 74 valence electrons. The Morgan fingerprint density at radius 1 is 1.36 bits per heavy atom. The van der Waals surface area contributed by atoms with Crippen LogP contribution in [-0.2, 0) is 11.3 Å². The van der Waals surface area contributed by atoms with Gasteiger partial charge in [-0.05, 0) is 5.56 Å². The molecule has 0 aliphatic heterocycles. The number of nitrogens with zero attached hydrogens (tertiary/aromatic N) is 1. The number of carboxylic acid groups (broad SMARTS) is 1. The molecule has 0 amide bonds. The van der Waals surface area contributed by atoms with E-state index < -0.39 is 5.97 Å². The molecule has 0 aliphatic rings. The molecule has 0 fully saturated rings. The molecular weight excluding hydrogens is 180 g/mol. The van der Waals surface area contributed by atoms with E-state index in [9.17, 15) is 4.79 Å². The smallest absolute Gasteiger partial charge is 0.310 e. The van der Waals surface area contributed by atoms with Gasteiger partial charge in [-0.2, -0.15) is 0 Å². The number of carbonyl (C=O) groups is 1. The number of nitrogens with two attached hydrogens (primary N) is 1. The maximum absolute atomic E-state index is 10.3. The van der Waals surface area contributed by atoms with E-state index in [-0.39, 0.29) is 12.3 Å². The summed E-state index contributed by atoms with van der Waals surface area (Å²) in [6.07, 6.45) is -0.202. The molecule has 0 unspecified atom stereocenters. The molecule has 1 rings (SSSR count). The quantitative estimate of drug-likeness (QED) is 0.552. The average Bonchev–Trinajstić information content (AvgIpc) is 2.15. The first-order valence-corrected chi connectivity index (χ1v) is 4.23. The van der Waals surface area contributed by atoms with Crippen LogP contribution in [-0.4, -0.2) is 16.9 Å². The number of amidine groups is 1. The van der Waals surface area contributed by atoms with Gasteiger partial charge in [0.15, 0.2) is 0 Å². The number of aliphatic imine (C=N–C) groups is 1. The highest BCUT2D eigenvalue weighted by molar-refractivity contribution is 5.95. The van der Waals surface area contributed by atoms with Crippen molar-refractivity contribution in [2.75, 3.05) is 0 Å². The largest absolute Gasteiger partial charge is 0.481 e. The van der Waals surface area contributed by atoms with Gasteiger partial charge in [-0.15, -0.1) is 0 Å². The van der Waals surface area contributed by atoms with Crippen LogP contribution >= 0.6 is 0 Å². The minimum absolute atomic E-state index is 0.154. The first kappa shape index (κ1) is 10.2. The summed E-state index contributed by atoms with van der Waals surface area (Å²) >= 11 is 0. The minimum atomic E-state index is -0.959. The molecule has 0 saturated carbocycles. The van der Waals surface area contributed by atoms with Gasteiger partial charge >= 0.3 is 5.97 Å². The minimum Gasteiger partial charge on any atom is -0.481 e. The summed E-state index contributed by atoms with van der Waals surface area (Å²) < 4.78 is 0. The Balaban J connectivity index is 2.51. The molecule has 0 atom stereocenters. The molecule has 0 aliphatic carbocycles. The predicted octanol–water partition coefficient (Wildman–Crippen LogP) is 1.02. The van der Waals surface area contributed by atoms with E-state index in [0.29, 0.717) is 6.54 Å². The van der Waals surface area contributed by atoms with Crippen molar-refractivity contribution in [3.63, 3.8) is 0 Å². The predicted molar refractivity (Wildman–Crippen MR) is 54.0 cm³/mol. The van der Waals surface area contributed by atoms with Gasteiger partial charge in [-0.3, -0.25) is 9.79 Å². The highest BCUT2D eigenvalue weighted by Crippen LogP contribution is 2.00. The van der Waals surface area contributed by atoms with Gasteiger partial charge in [-0.25, -0.2) is 0 Å². The third kappa shape index (κ3) is 3.71. The van der Waals surface area contributed by atoms with Crippen molar-refractivity contribution in [1.82, 2.24) is 0 Å². The lowest BCUT2D eigenvalue weighted by Crippen LogP contribution is -2.16. The Bertz CT molecular complexity index is 333. The number of rotatable bonds is 4. The van der Waals surface area contributed by atoms with Crippen LogP contribution in [0.4, 0.5) is 0 Å². The Morgan fingerprint density at radius 2 is 2.00 bits per heavy atom. The zero-order chi connectivity index (χ0) is 10.4. The lowest BCUT2D eigenvalue weighted by Gasteiger charge is -1.97. The molecule has 0 saturated heterocycles. The Kier molecular flexibility index (Phi) is 3.67. The molecule has 1 aromatic carbocycles. The highest BCUT2D eigenvalue weighted by atomic mass is 16.4. The van der Waals surface area contributed by atoms with Gasteiger partial charge in [-0.1, -0.05) is 30.3 Å². The van der Waals surface area contributed by atoms with Gasteiger partial charge in [0.1, 0.15) is 12.3 Å². The SMILES string of the molecule is NC(CC(=O)O)=NCc1ccccc1. The molecular formula is C10H12N2O2. The van der Waals surface area contributed by atoms with Crippen LogP contribution in [0.25, 0.3) is 0 Å². The van der Waals surface area contributed by atoms with E-state index in [2.05, 4.69) is 4.99 Å². The lowest BCUT2D eigenvalue weighted by atomic mass is 10.2. The number of benzene rings is 1. The standard InChI is InChI=1S/C10H12N2O2/c11-9(6-10(13)14)12-7-8-4-2-1-3-5-8/h1-5H,6-7H2,(H2,11,12)(H,13,14). The third-order valence-electron chi connectivity index (χ3n) is 1.64. The molecule has 3 N–H and O–H groups in total. The van der Waals surface area contributed by atoms with Gasteiger partial charge in [0.25, 0.3) is 0 Å². The van der Waals surface area contributed by atoms with E-state index in [1.807, 2.05) is 30.3 Å². The van der Waals surface area contributed by atoms with E-state index in [1.54, 1.807) is 0 Å². The summed E-state index contributed by atoms with van der Waals surface area (Å²) in [5.74, 6) is -0.805. The normalized spacial score (nSPS) is 11.3. The highest BCUT2D eigenvalue weighted by Gasteiger charge is 1.99. The Hall–Kier alpha value is -1.84. The zero-order valence-electron chi connectivity index (χ0n) is 7.68. The number of aliphatic carboxylic acids is 1. The molecule has 4 heteroatoms. The summed E-state index contributed by atoms with van der Waals surface area (Å²) in [7, 11) is 0. The maximum Gasteiger partial charge on any atom is 0.310 e. The second-order valence-electron chi connectivity index (χ2n) is 2.86. The summed E-state index contributed by atoms with van der Waals surface area (Å²) in [6, 6.07) is 9.54. The topological polar surface area (TPSA) is 75.7 Å². The molecule has 0 spiro atoms. The van der Waals surface area contributed by atoms with Crippen LogP contribution < -0.4 is 5.73 Å². The van der Waals surface area contributed by atoms with Crippen LogP contribution in [0.3, 0.4) is 0 Å². The molecule has 0 radical (unpaired) electrons. The first-order valence-electron chi connectivity index (χ1n) is 4.23. The zero-order valence-corrected chi connectivity index (χ0v) is 7.68. The fraction of sp³-hybridized carbons (Fsp3) is 0.200. The molecule has 4 nitrogen and oxygen atoms in total. The van der Waals surface area contributed by atoms with Gasteiger partial charge in [0.05, 0.1) is 6.54 Å². The van der Waals surface area contributed by atoms with Crippen molar-refractivity contribution in [2.24, 2.45) is 10.7 Å². The van der Waals surface area contributed by atoms with Gasteiger partial charge in [0.2, 0.25) is 0 Å². The van der Waals surface area contributed by atoms with Crippen molar-refractivity contribution in [1.29, 1.82) is 0 Å². The van der Waals surface area contributed by atoms with Crippen molar-refractivity contribution in [3.8, 4) is 0 Å². The molecule has 1 aromatic rings. The van der Waals surface area contributed by atoms with E-state index in [4.69, 9.17) is 10.8 Å². The average molecular weight is 192 g/mol. The summed E-state index contributed by atoms with van der Waals surface area (Å²) in [4.78, 5) is 14.2. The second-order valence-corrected chi connectivity index (χ2v) is 2.86. The Morgan fingerprint density at radius 3 is 2.57 bits per heavy atom. The summed E-state index contributed by atoms with van der Waals surface area (Å²) in [5.41, 5.74) is 6.41. The molecule has 0 heterocycles. The second kappa shape index (κ2) is 5.01. The Labute approximate surface area is 82.1 Å². The molecule has 14 heavy (non-hydrogen) atoms. The van der Waals surface area contributed by atoms with E-state index >= 15 is 0 Å². The van der Waals surface area contributed by atoms with E-state index in [1.165, 1.54) is 0 Å². The van der Waals surface area contributed by atoms with Crippen LogP contribution in [0.2, 0.25) is 0 Å². The third-order valence-corrected chi connectivity index (χ3v) is 1.64. The lowest BCUT2D eigenvalue weighted by molar-refractivity contribution is -0.135. The molecule has 0 bridgehead atoms. The van der Waals surface area contributed by atoms with Crippen molar-refractivity contribution >= 4 is 11.8 Å². The van der Waals surface area contributed by atoms with Gasteiger partial charge < -0.3 is 10.8 Å². The van der Waals surface area contributed by atoms with Crippen molar-refractivity contribution in [2.45, 2.75) is 13.0 Å². The summed E-state index contributed by atoms with van der Waals surface area (Å²) in [6.45, 7) is 0.431. The number of hydrogen-bond acceptors (Lipinski definition) is 2. The van der Waals surface area contributed by atoms with Crippen molar-refractivity contribution in [3.05, 3.63) is 35.9 Å². The maximum atomic E-state index is 10.3. The van der Waals surface area contributed by atoms with Crippen LogP contribution in [0.1, 0.15) is 12.0 Å². The monoisotopic (exact) mass is 192 g/mol.